The van der Waals surface area contributed by atoms with Crippen molar-refractivity contribution in [2.75, 3.05) is 10.0 Å². The summed E-state index contributed by atoms with van der Waals surface area (Å²) in [6.45, 7) is 1.64. The van der Waals surface area contributed by atoms with Crippen molar-refractivity contribution in [2.24, 2.45) is 17.8 Å². The predicted molar refractivity (Wildman–Crippen MR) is 134 cm³/mol. The van der Waals surface area contributed by atoms with Gasteiger partial charge in [0.05, 0.1) is 17.2 Å². The summed E-state index contributed by atoms with van der Waals surface area (Å²) >= 11 is 0. The van der Waals surface area contributed by atoms with E-state index in [1.165, 1.54) is 24.3 Å². The molecule has 0 spiro atoms. The highest BCUT2D eigenvalue weighted by atomic mass is 32.2. The molecule has 2 aliphatic rings. The van der Waals surface area contributed by atoms with Crippen molar-refractivity contribution < 1.29 is 31.5 Å². The SMILES string of the molecule is Cc1ccccc1-c1nc(NS(=O)(=O)c2cccc(N[C@@H]3[C@H](C(=O)O)[C@@H]4C=C[C@H]3C4)n2)ccc1C(F)(F)F. The summed E-state index contributed by atoms with van der Waals surface area (Å²) in [4.78, 5) is 19.9. The lowest BCUT2D eigenvalue weighted by Gasteiger charge is -2.26. The highest BCUT2D eigenvalue weighted by molar-refractivity contribution is 7.92. The third-order valence-electron chi connectivity index (χ3n) is 6.90. The average Bonchev–Trinajstić information content (AvgIpc) is 3.45. The van der Waals surface area contributed by atoms with Gasteiger partial charge in [-0.15, -0.1) is 0 Å². The standard InChI is InChI=1S/C26H23F3N4O4S/c1-14-5-2-3-6-17(14)24-18(26(27,28)29)11-12-20(32-24)33-38(36,37)21-8-4-7-19(30-21)31-23-16-10-9-15(13-16)22(23)25(34)35/h2-12,15-16,22-23H,13H2,1H3,(H,30,31)(H,32,33)(H,34,35)/t15-,16+,22-,23+/m1/s1. The second-order valence-corrected chi connectivity index (χ2v) is 11.0. The van der Waals surface area contributed by atoms with Crippen molar-refractivity contribution in [3.63, 3.8) is 0 Å². The number of allylic oxidation sites excluding steroid dienone is 1. The number of hydrogen-bond donors (Lipinski definition) is 3. The molecule has 3 aromatic rings. The minimum Gasteiger partial charge on any atom is -0.481 e. The Labute approximate surface area is 216 Å². The molecule has 0 saturated heterocycles. The van der Waals surface area contributed by atoms with Gasteiger partial charge in [-0.2, -0.15) is 21.6 Å². The zero-order chi connectivity index (χ0) is 27.2. The average molecular weight is 545 g/mol. The molecule has 5 rings (SSSR count). The van der Waals surface area contributed by atoms with Crippen LogP contribution in [0.1, 0.15) is 17.5 Å². The van der Waals surface area contributed by atoms with Gasteiger partial charge in [-0.1, -0.05) is 42.5 Å². The van der Waals surface area contributed by atoms with E-state index in [0.29, 0.717) is 12.0 Å². The van der Waals surface area contributed by atoms with Crippen LogP contribution >= 0.6 is 0 Å². The molecular formula is C26H23F3N4O4S. The Morgan fingerprint density at radius 2 is 1.71 bits per heavy atom. The number of carboxylic acids is 1. The molecule has 8 nitrogen and oxygen atoms in total. The molecule has 2 bridgehead atoms. The van der Waals surface area contributed by atoms with Gasteiger partial charge in [-0.05, 0) is 55.0 Å². The molecule has 198 valence electrons. The first-order chi connectivity index (χ1) is 17.9. The molecule has 1 saturated carbocycles. The van der Waals surface area contributed by atoms with E-state index in [2.05, 4.69) is 20.0 Å². The van der Waals surface area contributed by atoms with Gasteiger partial charge in [0.15, 0.2) is 5.03 Å². The van der Waals surface area contributed by atoms with Crippen molar-refractivity contribution in [1.29, 1.82) is 0 Å². The number of benzene rings is 1. The van der Waals surface area contributed by atoms with E-state index in [9.17, 15) is 31.5 Å². The number of aliphatic carboxylic acids is 1. The highest BCUT2D eigenvalue weighted by Gasteiger charge is 2.48. The lowest BCUT2D eigenvalue weighted by Crippen LogP contribution is -2.38. The van der Waals surface area contributed by atoms with Crippen LogP contribution in [0, 0.1) is 24.7 Å². The third kappa shape index (κ3) is 4.83. The van der Waals surface area contributed by atoms with Crippen LogP contribution in [-0.4, -0.2) is 35.5 Å². The minimum atomic E-state index is -4.70. The smallest absolute Gasteiger partial charge is 0.418 e. The minimum absolute atomic E-state index is 0.0162. The Hall–Kier alpha value is -3.93. The van der Waals surface area contributed by atoms with Crippen LogP contribution < -0.4 is 10.0 Å². The molecule has 38 heavy (non-hydrogen) atoms. The largest absolute Gasteiger partial charge is 0.481 e. The molecular weight excluding hydrogens is 521 g/mol. The number of sulfonamides is 1. The zero-order valence-corrected chi connectivity index (χ0v) is 20.8. The van der Waals surface area contributed by atoms with Crippen LogP contribution in [0.2, 0.25) is 0 Å². The Balaban J connectivity index is 1.43. The Kier molecular flexibility index (Phi) is 6.38. The lowest BCUT2D eigenvalue weighted by atomic mass is 9.89. The summed E-state index contributed by atoms with van der Waals surface area (Å²) in [5, 5.41) is 12.3. The molecule has 0 aliphatic heterocycles. The van der Waals surface area contributed by atoms with Gasteiger partial charge in [0.25, 0.3) is 10.0 Å². The number of carbonyl (C=O) groups is 1. The van der Waals surface area contributed by atoms with Gasteiger partial charge >= 0.3 is 12.1 Å². The van der Waals surface area contributed by atoms with Crippen molar-refractivity contribution in [3.05, 3.63) is 77.9 Å². The molecule has 4 atom stereocenters. The molecule has 2 aromatic heterocycles. The topological polar surface area (TPSA) is 121 Å². The second-order valence-electron chi connectivity index (χ2n) is 9.35. The van der Waals surface area contributed by atoms with E-state index in [0.717, 1.165) is 12.1 Å². The zero-order valence-electron chi connectivity index (χ0n) is 20.0. The van der Waals surface area contributed by atoms with Crippen LogP contribution in [0.4, 0.5) is 24.8 Å². The van der Waals surface area contributed by atoms with E-state index in [1.807, 2.05) is 12.2 Å². The molecule has 3 N–H and O–H groups in total. The molecule has 0 radical (unpaired) electrons. The number of aromatic nitrogens is 2. The maximum absolute atomic E-state index is 13.7. The first-order valence-corrected chi connectivity index (χ1v) is 13.2. The van der Waals surface area contributed by atoms with Crippen LogP contribution in [0.3, 0.4) is 0 Å². The number of halogens is 3. The summed E-state index contributed by atoms with van der Waals surface area (Å²) in [6, 6.07) is 11.9. The molecule has 2 aliphatic carbocycles. The summed E-state index contributed by atoms with van der Waals surface area (Å²) < 4.78 is 69.6. The van der Waals surface area contributed by atoms with E-state index >= 15 is 0 Å². The van der Waals surface area contributed by atoms with Gasteiger partial charge in [0, 0.05) is 11.6 Å². The quantitative estimate of drug-likeness (QED) is 0.360. The van der Waals surface area contributed by atoms with Gasteiger partial charge in [0.1, 0.15) is 11.6 Å². The molecule has 12 heteroatoms. The van der Waals surface area contributed by atoms with Crippen molar-refractivity contribution in [2.45, 2.75) is 30.6 Å². The fourth-order valence-electron chi connectivity index (χ4n) is 5.15. The maximum Gasteiger partial charge on any atom is 0.418 e. The van der Waals surface area contributed by atoms with E-state index < -0.39 is 50.4 Å². The van der Waals surface area contributed by atoms with Crippen LogP contribution in [0.25, 0.3) is 11.3 Å². The Morgan fingerprint density at radius 1 is 0.974 bits per heavy atom. The number of nitrogens with one attached hydrogen (secondary N) is 2. The number of fused-ring (bicyclic) bond motifs is 2. The molecule has 0 amide bonds. The van der Waals surface area contributed by atoms with Crippen LogP contribution in [0.15, 0.2) is 71.8 Å². The first-order valence-electron chi connectivity index (χ1n) is 11.8. The number of anilines is 2. The van der Waals surface area contributed by atoms with Crippen molar-refractivity contribution >= 4 is 27.6 Å². The number of alkyl halides is 3. The molecule has 0 unspecified atom stereocenters. The van der Waals surface area contributed by atoms with Gasteiger partial charge in [-0.25, -0.2) is 9.97 Å². The molecule has 1 aromatic carbocycles. The van der Waals surface area contributed by atoms with Crippen LogP contribution in [0.5, 0.6) is 0 Å². The predicted octanol–water partition coefficient (Wildman–Crippen LogP) is 4.96. The van der Waals surface area contributed by atoms with Gasteiger partial charge < -0.3 is 10.4 Å². The highest BCUT2D eigenvalue weighted by Crippen LogP contribution is 2.45. The third-order valence-corrected chi connectivity index (χ3v) is 8.15. The summed E-state index contributed by atoms with van der Waals surface area (Å²) in [6.07, 6.45) is -0.169. The second kappa shape index (κ2) is 9.43. The number of nitrogens with zero attached hydrogens (tertiary/aromatic N) is 2. The first kappa shape index (κ1) is 25.7. The van der Waals surface area contributed by atoms with Crippen LogP contribution in [-0.2, 0) is 21.0 Å². The molecule has 2 heterocycles. The monoisotopic (exact) mass is 544 g/mol. The van der Waals surface area contributed by atoms with Gasteiger partial charge in [-0.3, -0.25) is 9.52 Å². The fraction of sp³-hybridized carbons (Fsp3) is 0.269. The fourth-order valence-corrected chi connectivity index (χ4v) is 6.12. The maximum atomic E-state index is 13.7. The summed E-state index contributed by atoms with van der Waals surface area (Å²) in [5.74, 6) is -1.86. The number of aryl methyl sites for hydroxylation is 1. The van der Waals surface area contributed by atoms with Gasteiger partial charge in [0.2, 0.25) is 0 Å². The Bertz CT molecular complexity index is 1540. The number of hydrogen-bond acceptors (Lipinski definition) is 6. The van der Waals surface area contributed by atoms with Crippen molar-refractivity contribution in [1.82, 2.24) is 9.97 Å². The van der Waals surface area contributed by atoms with Crippen molar-refractivity contribution in [3.8, 4) is 11.3 Å². The summed E-state index contributed by atoms with van der Waals surface area (Å²) in [5.41, 5.74) is -0.630. The van der Waals surface area contributed by atoms with E-state index in [-0.39, 0.29) is 29.0 Å². The van der Waals surface area contributed by atoms with E-state index in [1.54, 1.807) is 25.1 Å². The Morgan fingerprint density at radius 3 is 2.42 bits per heavy atom. The normalized spacial score (nSPS) is 22.4. The molecule has 1 fully saturated rings. The number of rotatable bonds is 7. The lowest BCUT2D eigenvalue weighted by molar-refractivity contribution is -0.143. The number of carboxylic acid groups (broad SMARTS) is 1. The van der Waals surface area contributed by atoms with E-state index in [4.69, 9.17) is 0 Å². The number of pyridine rings is 2. The summed E-state index contributed by atoms with van der Waals surface area (Å²) in [7, 11) is -4.34.